The molecule has 1 heterocycles. The zero-order valence-electron chi connectivity index (χ0n) is 12.1. The van der Waals surface area contributed by atoms with E-state index in [9.17, 15) is 9.59 Å². The molecule has 1 aliphatic carbocycles. The number of pyridine rings is 1. The lowest BCUT2D eigenvalue weighted by atomic mass is 10.1. The summed E-state index contributed by atoms with van der Waals surface area (Å²) in [6, 6.07) is 12.6. The van der Waals surface area contributed by atoms with E-state index in [2.05, 4.69) is 4.98 Å². The van der Waals surface area contributed by atoms with Gasteiger partial charge in [-0.25, -0.2) is 0 Å². The number of fused-ring (bicyclic) bond motifs is 1. The maximum absolute atomic E-state index is 12.8. The Balaban J connectivity index is 1.94. The predicted octanol–water partition coefficient (Wildman–Crippen LogP) is 1.70. The van der Waals surface area contributed by atoms with Crippen molar-refractivity contribution in [3.63, 3.8) is 0 Å². The van der Waals surface area contributed by atoms with Gasteiger partial charge in [0.15, 0.2) is 0 Å². The molecule has 2 N–H and O–H groups in total. The Bertz CT molecular complexity index is 700. The van der Waals surface area contributed by atoms with Crippen molar-refractivity contribution in [3.8, 4) is 0 Å². The molecular formula is C17H17N3O2. The number of benzene rings is 1. The highest BCUT2D eigenvalue weighted by atomic mass is 16.2. The lowest BCUT2D eigenvalue weighted by Gasteiger charge is -2.28. The Hall–Kier alpha value is -2.69. The minimum absolute atomic E-state index is 0.0905. The largest absolute Gasteiger partial charge is 0.368 e. The minimum atomic E-state index is -0.512. The number of amides is 2. The van der Waals surface area contributed by atoms with Gasteiger partial charge in [0.1, 0.15) is 6.54 Å². The van der Waals surface area contributed by atoms with Crippen molar-refractivity contribution >= 4 is 11.8 Å². The third kappa shape index (κ3) is 2.70. The van der Waals surface area contributed by atoms with Crippen molar-refractivity contribution < 1.29 is 9.59 Å². The van der Waals surface area contributed by atoms with Gasteiger partial charge < -0.3 is 10.6 Å². The maximum Gasteiger partial charge on any atom is 0.254 e. The van der Waals surface area contributed by atoms with Crippen molar-refractivity contribution in [2.75, 3.05) is 6.54 Å². The first-order chi connectivity index (χ1) is 10.7. The molecule has 0 radical (unpaired) electrons. The van der Waals surface area contributed by atoms with Crippen LogP contribution in [-0.4, -0.2) is 28.2 Å². The third-order valence-electron chi connectivity index (χ3n) is 3.92. The van der Waals surface area contributed by atoms with Crippen LogP contribution in [0, 0.1) is 0 Å². The molecule has 5 heteroatoms. The number of hydrogen-bond acceptors (Lipinski definition) is 3. The molecule has 5 nitrogen and oxygen atoms in total. The summed E-state index contributed by atoms with van der Waals surface area (Å²) in [5.41, 5.74) is 7.90. The average molecular weight is 295 g/mol. The molecule has 0 spiro atoms. The maximum atomic E-state index is 12.8. The monoisotopic (exact) mass is 295 g/mol. The Labute approximate surface area is 128 Å². The molecule has 112 valence electrons. The second kappa shape index (κ2) is 5.97. The number of aryl methyl sites for hydroxylation is 1. The van der Waals surface area contributed by atoms with Gasteiger partial charge in [-0.05, 0) is 36.6 Å². The zero-order valence-corrected chi connectivity index (χ0v) is 12.1. The summed E-state index contributed by atoms with van der Waals surface area (Å²) >= 11 is 0. The number of nitrogens with zero attached hydrogens (tertiary/aromatic N) is 2. The predicted molar refractivity (Wildman–Crippen MR) is 82.0 cm³/mol. The second-order valence-corrected chi connectivity index (χ2v) is 5.36. The van der Waals surface area contributed by atoms with Crippen LogP contribution in [0.3, 0.4) is 0 Å². The first-order valence-electron chi connectivity index (χ1n) is 7.25. The van der Waals surface area contributed by atoms with Crippen LogP contribution in [0.2, 0.25) is 0 Å². The smallest absolute Gasteiger partial charge is 0.254 e. The van der Waals surface area contributed by atoms with Crippen LogP contribution >= 0.6 is 0 Å². The fraction of sp³-hybridized carbons (Fsp3) is 0.235. The van der Waals surface area contributed by atoms with Crippen LogP contribution in [-0.2, 0) is 11.2 Å². The Morgan fingerprint density at radius 2 is 1.95 bits per heavy atom. The highest BCUT2D eigenvalue weighted by Crippen LogP contribution is 2.35. The molecule has 2 amide bonds. The summed E-state index contributed by atoms with van der Waals surface area (Å²) in [4.78, 5) is 30.1. The average Bonchev–Trinajstić information content (AvgIpc) is 2.96. The SMILES string of the molecule is NC(=O)CN(C(=O)c1ccccc1)C1CCc2ncccc21. The molecule has 1 aromatic carbocycles. The summed E-state index contributed by atoms with van der Waals surface area (Å²) in [5.74, 6) is -0.692. The molecule has 3 rings (SSSR count). The molecule has 1 aromatic heterocycles. The van der Waals surface area contributed by atoms with Gasteiger partial charge in [0, 0.05) is 17.5 Å². The normalized spacial score (nSPS) is 16.1. The third-order valence-corrected chi connectivity index (χ3v) is 3.92. The van der Waals surface area contributed by atoms with E-state index in [0.717, 1.165) is 24.1 Å². The summed E-state index contributed by atoms with van der Waals surface area (Å²) in [6.45, 7) is -0.0905. The number of nitrogens with two attached hydrogens (primary N) is 1. The Kier molecular flexibility index (Phi) is 3.87. The van der Waals surface area contributed by atoms with Crippen molar-refractivity contribution in [1.29, 1.82) is 0 Å². The topological polar surface area (TPSA) is 76.3 Å². The quantitative estimate of drug-likeness (QED) is 0.932. The molecule has 0 bridgehead atoms. The van der Waals surface area contributed by atoms with E-state index in [1.165, 1.54) is 0 Å². The first kappa shape index (κ1) is 14.3. The molecule has 0 aliphatic heterocycles. The highest BCUT2D eigenvalue weighted by Gasteiger charge is 2.32. The number of aromatic nitrogens is 1. The van der Waals surface area contributed by atoms with E-state index in [1.54, 1.807) is 35.4 Å². The molecular weight excluding hydrogens is 278 g/mol. The second-order valence-electron chi connectivity index (χ2n) is 5.36. The molecule has 1 aliphatic rings. The first-order valence-corrected chi connectivity index (χ1v) is 7.25. The van der Waals surface area contributed by atoms with E-state index in [-0.39, 0.29) is 18.5 Å². The van der Waals surface area contributed by atoms with Gasteiger partial charge in [-0.15, -0.1) is 0 Å². The number of primary amides is 1. The van der Waals surface area contributed by atoms with E-state index in [1.807, 2.05) is 18.2 Å². The summed E-state index contributed by atoms with van der Waals surface area (Å²) < 4.78 is 0. The van der Waals surface area contributed by atoms with Gasteiger partial charge in [0.25, 0.3) is 5.91 Å². The summed E-state index contributed by atoms with van der Waals surface area (Å²) in [6.07, 6.45) is 3.31. The fourth-order valence-corrected chi connectivity index (χ4v) is 2.95. The van der Waals surface area contributed by atoms with Crippen LogP contribution in [0.15, 0.2) is 48.7 Å². The van der Waals surface area contributed by atoms with E-state index < -0.39 is 5.91 Å². The van der Waals surface area contributed by atoms with Gasteiger partial charge >= 0.3 is 0 Å². The fourth-order valence-electron chi connectivity index (χ4n) is 2.95. The van der Waals surface area contributed by atoms with Crippen LogP contribution < -0.4 is 5.73 Å². The van der Waals surface area contributed by atoms with E-state index >= 15 is 0 Å². The molecule has 2 aromatic rings. The Morgan fingerprint density at radius 3 is 2.68 bits per heavy atom. The molecule has 22 heavy (non-hydrogen) atoms. The standard InChI is InChI=1S/C17H17N3O2/c18-16(21)11-20(17(22)12-5-2-1-3-6-12)15-9-8-14-13(15)7-4-10-19-14/h1-7,10,15H,8-9,11H2,(H2,18,21). The number of carbonyl (C=O) groups is 2. The zero-order chi connectivity index (χ0) is 15.5. The number of carbonyl (C=O) groups excluding carboxylic acids is 2. The highest BCUT2D eigenvalue weighted by molar-refractivity contribution is 5.96. The van der Waals surface area contributed by atoms with Crippen LogP contribution in [0.25, 0.3) is 0 Å². The van der Waals surface area contributed by atoms with Crippen LogP contribution in [0.5, 0.6) is 0 Å². The van der Waals surface area contributed by atoms with Crippen molar-refractivity contribution in [2.24, 2.45) is 5.73 Å². The number of hydrogen-bond donors (Lipinski definition) is 1. The lowest BCUT2D eigenvalue weighted by molar-refractivity contribution is -0.119. The lowest BCUT2D eigenvalue weighted by Crippen LogP contribution is -2.40. The van der Waals surface area contributed by atoms with E-state index in [0.29, 0.717) is 5.56 Å². The van der Waals surface area contributed by atoms with Crippen LogP contribution in [0.4, 0.5) is 0 Å². The molecule has 0 saturated heterocycles. The van der Waals surface area contributed by atoms with Gasteiger partial charge in [-0.2, -0.15) is 0 Å². The van der Waals surface area contributed by atoms with Gasteiger partial charge in [-0.3, -0.25) is 14.6 Å². The van der Waals surface area contributed by atoms with Gasteiger partial charge in [0.05, 0.1) is 6.04 Å². The minimum Gasteiger partial charge on any atom is -0.368 e. The van der Waals surface area contributed by atoms with Crippen molar-refractivity contribution in [2.45, 2.75) is 18.9 Å². The summed E-state index contributed by atoms with van der Waals surface area (Å²) in [5, 5.41) is 0. The van der Waals surface area contributed by atoms with Gasteiger partial charge in [-0.1, -0.05) is 24.3 Å². The Morgan fingerprint density at radius 1 is 1.18 bits per heavy atom. The molecule has 0 fully saturated rings. The van der Waals surface area contributed by atoms with Crippen molar-refractivity contribution in [1.82, 2.24) is 9.88 Å². The molecule has 0 saturated carbocycles. The van der Waals surface area contributed by atoms with Gasteiger partial charge in [0.2, 0.25) is 5.91 Å². The summed E-state index contributed by atoms with van der Waals surface area (Å²) in [7, 11) is 0. The molecule has 1 unspecified atom stereocenters. The molecule has 1 atom stereocenters. The van der Waals surface area contributed by atoms with Crippen LogP contribution in [0.1, 0.15) is 34.1 Å². The van der Waals surface area contributed by atoms with E-state index in [4.69, 9.17) is 5.73 Å². The number of rotatable bonds is 4. The van der Waals surface area contributed by atoms with Crippen molar-refractivity contribution in [3.05, 3.63) is 65.5 Å².